The van der Waals surface area contributed by atoms with Crippen molar-refractivity contribution >= 4 is 6.03 Å². The summed E-state index contributed by atoms with van der Waals surface area (Å²) in [7, 11) is 3.56. The van der Waals surface area contributed by atoms with Gasteiger partial charge in [0.05, 0.1) is 7.11 Å². The molecule has 3 rings (SSSR count). The molecule has 3 atom stereocenters. The lowest BCUT2D eigenvalue weighted by Gasteiger charge is -2.34. The van der Waals surface area contributed by atoms with Crippen LogP contribution in [0.15, 0.2) is 36.7 Å². The third-order valence-corrected chi connectivity index (χ3v) is 5.97. The Morgan fingerprint density at radius 2 is 1.97 bits per heavy atom. The summed E-state index contributed by atoms with van der Waals surface area (Å²) in [5, 5.41) is 6.09. The number of urea groups is 1. The molecule has 2 amide bonds. The SMILES string of the molecule is COc1ccccc1C(NC(=O)NCCCCN1CC(C)CC(C)C1)c1nccn1C. The number of hydrogen-bond acceptors (Lipinski definition) is 4. The first-order chi connectivity index (χ1) is 15.0. The normalized spacial score (nSPS) is 20.3. The number of methoxy groups -OCH3 is 1. The number of carbonyl (C=O) groups is 1. The van der Waals surface area contributed by atoms with E-state index >= 15 is 0 Å². The highest BCUT2D eigenvalue weighted by Crippen LogP contribution is 2.28. The van der Waals surface area contributed by atoms with Crippen LogP contribution in [-0.2, 0) is 7.05 Å². The van der Waals surface area contributed by atoms with Crippen LogP contribution in [0.1, 0.15) is 50.5 Å². The van der Waals surface area contributed by atoms with E-state index in [4.69, 9.17) is 4.74 Å². The van der Waals surface area contributed by atoms with Crippen molar-refractivity contribution in [2.45, 2.75) is 39.2 Å². The highest BCUT2D eigenvalue weighted by molar-refractivity contribution is 5.75. The molecule has 7 nitrogen and oxygen atoms in total. The van der Waals surface area contributed by atoms with Gasteiger partial charge in [0, 0.05) is 44.6 Å². The molecule has 0 saturated carbocycles. The number of piperidine rings is 1. The number of aryl methyl sites for hydroxylation is 1. The highest BCUT2D eigenvalue weighted by atomic mass is 16.5. The van der Waals surface area contributed by atoms with Gasteiger partial charge in [0.2, 0.25) is 0 Å². The van der Waals surface area contributed by atoms with E-state index in [1.54, 1.807) is 13.3 Å². The van der Waals surface area contributed by atoms with Crippen LogP contribution in [0.2, 0.25) is 0 Å². The zero-order chi connectivity index (χ0) is 22.2. The molecule has 0 radical (unpaired) electrons. The van der Waals surface area contributed by atoms with Crippen LogP contribution in [0.25, 0.3) is 0 Å². The van der Waals surface area contributed by atoms with Crippen LogP contribution in [-0.4, -0.2) is 53.8 Å². The Morgan fingerprint density at radius 3 is 2.65 bits per heavy atom. The quantitative estimate of drug-likeness (QED) is 0.600. The molecule has 0 spiro atoms. The van der Waals surface area contributed by atoms with Crippen molar-refractivity contribution in [1.82, 2.24) is 25.1 Å². The molecule has 1 fully saturated rings. The lowest BCUT2D eigenvalue weighted by Crippen LogP contribution is -2.40. The van der Waals surface area contributed by atoms with E-state index in [2.05, 4.69) is 34.4 Å². The van der Waals surface area contributed by atoms with E-state index in [9.17, 15) is 4.79 Å². The van der Waals surface area contributed by atoms with Crippen molar-refractivity contribution in [1.29, 1.82) is 0 Å². The molecule has 1 aliphatic rings. The van der Waals surface area contributed by atoms with Gasteiger partial charge in [0.15, 0.2) is 0 Å². The Morgan fingerprint density at radius 1 is 1.23 bits per heavy atom. The van der Waals surface area contributed by atoms with E-state index < -0.39 is 6.04 Å². The molecule has 0 aliphatic carbocycles. The van der Waals surface area contributed by atoms with Gasteiger partial charge in [0.25, 0.3) is 0 Å². The largest absolute Gasteiger partial charge is 0.496 e. The highest BCUT2D eigenvalue weighted by Gasteiger charge is 2.24. The van der Waals surface area contributed by atoms with E-state index in [1.807, 2.05) is 42.1 Å². The predicted octanol–water partition coefficient (Wildman–Crippen LogP) is 3.58. The molecule has 3 unspecified atom stereocenters. The number of hydrogen-bond donors (Lipinski definition) is 2. The van der Waals surface area contributed by atoms with Gasteiger partial charge in [-0.05, 0) is 43.7 Å². The van der Waals surface area contributed by atoms with Gasteiger partial charge in [-0.25, -0.2) is 9.78 Å². The predicted molar refractivity (Wildman–Crippen MR) is 123 cm³/mol. The molecule has 2 N–H and O–H groups in total. The molecular weight excluding hydrogens is 390 g/mol. The lowest BCUT2D eigenvalue weighted by molar-refractivity contribution is 0.139. The zero-order valence-corrected chi connectivity index (χ0v) is 19.3. The smallest absolute Gasteiger partial charge is 0.315 e. The third-order valence-electron chi connectivity index (χ3n) is 5.97. The van der Waals surface area contributed by atoms with E-state index in [-0.39, 0.29) is 6.03 Å². The Bertz CT molecular complexity index is 827. The fourth-order valence-electron chi connectivity index (χ4n) is 4.66. The Labute approximate surface area is 186 Å². The van der Waals surface area contributed by atoms with Crippen LogP contribution in [0.4, 0.5) is 4.79 Å². The molecule has 1 aromatic carbocycles. The summed E-state index contributed by atoms with van der Waals surface area (Å²) in [5.74, 6) is 3.05. The van der Waals surface area contributed by atoms with Crippen LogP contribution in [0.3, 0.4) is 0 Å². The minimum absolute atomic E-state index is 0.195. The topological polar surface area (TPSA) is 71.4 Å². The van der Waals surface area contributed by atoms with Crippen molar-refractivity contribution in [2.24, 2.45) is 18.9 Å². The maximum absolute atomic E-state index is 12.7. The van der Waals surface area contributed by atoms with Crippen LogP contribution in [0.5, 0.6) is 5.75 Å². The summed E-state index contributed by atoms with van der Waals surface area (Å²) >= 11 is 0. The van der Waals surface area contributed by atoms with Crippen molar-refractivity contribution in [3.8, 4) is 5.75 Å². The average molecular weight is 428 g/mol. The van der Waals surface area contributed by atoms with Gasteiger partial charge in [-0.15, -0.1) is 0 Å². The van der Waals surface area contributed by atoms with Crippen LogP contribution >= 0.6 is 0 Å². The summed E-state index contributed by atoms with van der Waals surface area (Å²) in [6.07, 6.45) is 7.00. The van der Waals surface area contributed by atoms with Crippen molar-refractivity contribution in [3.63, 3.8) is 0 Å². The van der Waals surface area contributed by atoms with Gasteiger partial charge in [-0.1, -0.05) is 32.0 Å². The molecular formula is C24H37N5O2. The number of aromatic nitrogens is 2. The monoisotopic (exact) mass is 427 g/mol. The standard InChI is InChI=1S/C24H37N5O2/c1-18-15-19(2)17-29(16-18)13-8-7-11-26-24(30)27-22(23-25-12-14-28(23)3)20-9-5-6-10-21(20)31-4/h5-6,9-10,12,14,18-19,22H,7-8,11,13,15-17H2,1-4H3,(H2,26,27,30). The van der Waals surface area contributed by atoms with Gasteiger partial charge in [-0.2, -0.15) is 0 Å². The summed E-state index contributed by atoms with van der Waals surface area (Å²) in [4.78, 5) is 19.7. The van der Waals surface area contributed by atoms with Crippen molar-refractivity contribution < 1.29 is 9.53 Å². The number of ether oxygens (including phenoxy) is 1. The molecule has 1 saturated heterocycles. The molecule has 2 heterocycles. The van der Waals surface area contributed by atoms with Gasteiger partial charge < -0.3 is 24.8 Å². The lowest BCUT2D eigenvalue weighted by atomic mass is 9.92. The molecule has 1 aliphatic heterocycles. The molecule has 7 heteroatoms. The first-order valence-corrected chi connectivity index (χ1v) is 11.3. The van der Waals surface area contributed by atoms with Gasteiger partial charge in [0.1, 0.15) is 17.6 Å². The molecule has 2 aromatic rings. The fourth-order valence-corrected chi connectivity index (χ4v) is 4.66. The second kappa shape index (κ2) is 11.2. The zero-order valence-electron chi connectivity index (χ0n) is 19.3. The van der Waals surface area contributed by atoms with Gasteiger partial charge in [-0.3, -0.25) is 0 Å². The molecule has 0 bridgehead atoms. The number of carbonyl (C=O) groups excluding carboxylic acids is 1. The summed E-state index contributed by atoms with van der Waals surface area (Å²) < 4.78 is 7.43. The second-order valence-electron chi connectivity index (χ2n) is 8.88. The number of para-hydroxylation sites is 1. The number of nitrogens with one attached hydrogen (secondary N) is 2. The van der Waals surface area contributed by atoms with Crippen molar-refractivity contribution in [3.05, 3.63) is 48.0 Å². The molecule has 31 heavy (non-hydrogen) atoms. The maximum atomic E-state index is 12.7. The summed E-state index contributed by atoms with van der Waals surface area (Å²) in [6, 6.07) is 7.12. The van der Waals surface area contributed by atoms with Crippen molar-refractivity contribution in [2.75, 3.05) is 33.3 Å². The summed E-state index contributed by atoms with van der Waals surface area (Å²) in [6.45, 7) is 8.84. The minimum Gasteiger partial charge on any atom is -0.496 e. The second-order valence-corrected chi connectivity index (χ2v) is 8.88. The number of unbranched alkanes of at least 4 members (excludes halogenated alkanes) is 1. The molecule has 170 valence electrons. The van der Waals surface area contributed by atoms with Crippen LogP contribution < -0.4 is 15.4 Å². The number of imidazole rings is 1. The molecule has 1 aromatic heterocycles. The van der Waals surface area contributed by atoms with E-state index in [0.29, 0.717) is 6.54 Å². The first kappa shape index (κ1) is 23.1. The van der Waals surface area contributed by atoms with E-state index in [0.717, 1.165) is 48.4 Å². The van der Waals surface area contributed by atoms with E-state index in [1.165, 1.54) is 19.5 Å². The van der Waals surface area contributed by atoms with Gasteiger partial charge >= 0.3 is 6.03 Å². The minimum atomic E-state index is -0.396. The number of amides is 2. The summed E-state index contributed by atoms with van der Waals surface area (Å²) in [5.41, 5.74) is 0.878. The first-order valence-electron chi connectivity index (χ1n) is 11.3. The number of likely N-dealkylation sites (tertiary alicyclic amines) is 1. The average Bonchev–Trinajstić information content (AvgIpc) is 3.16. The maximum Gasteiger partial charge on any atom is 0.315 e. The Hall–Kier alpha value is -2.54. The Kier molecular flexibility index (Phi) is 8.35. The number of nitrogens with zero attached hydrogens (tertiary/aromatic N) is 3. The third kappa shape index (κ3) is 6.47. The number of benzene rings is 1. The van der Waals surface area contributed by atoms with Crippen LogP contribution in [0, 0.1) is 11.8 Å². The fraction of sp³-hybridized carbons (Fsp3) is 0.583. The number of rotatable bonds is 9. The Balaban J connectivity index is 1.51.